The summed E-state index contributed by atoms with van der Waals surface area (Å²) in [6.07, 6.45) is 1.22. The van der Waals surface area contributed by atoms with Crippen molar-refractivity contribution in [3.63, 3.8) is 0 Å². The van der Waals surface area contributed by atoms with Gasteiger partial charge in [0.2, 0.25) is 10.0 Å². The van der Waals surface area contributed by atoms with Crippen molar-refractivity contribution in [2.24, 2.45) is 0 Å². The summed E-state index contributed by atoms with van der Waals surface area (Å²) >= 11 is 5.47. The molecule has 0 amide bonds. The first kappa shape index (κ1) is 14.4. The van der Waals surface area contributed by atoms with Gasteiger partial charge in [0.25, 0.3) is 0 Å². The first-order valence-corrected chi connectivity index (χ1v) is 7.50. The lowest BCUT2D eigenvalue weighted by molar-refractivity contribution is 0.578. The van der Waals surface area contributed by atoms with Gasteiger partial charge in [-0.2, -0.15) is 0 Å². The van der Waals surface area contributed by atoms with Crippen molar-refractivity contribution < 1.29 is 12.8 Å². The second-order valence-electron chi connectivity index (χ2n) is 3.66. The number of sulfonamides is 1. The van der Waals surface area contributed by atoms with Crippen LogP contribution in [-0.4, -0.2) is 20.1 Å². The van der Waals surface area contributed by atoms with Gasteiger partial charge in [0.05, 0.1) is 5.75 Å². The Morgan fingerprint density at radius 1 is 1.18 bits per heavy atom. The number of unbranched alkanes of at least 4 members (excludes halogenated alkanes) is 1. The molecule has 0 aliphatic heterocycles. The minimum absolute atomic E-state index is 0.0704. The van der Waals surface area contributed by atoms with E-state index in [1.807, 2.05) is 0 Å². The molecule has 0 aliphatic rings. The molecule has 0 atom stereocenters. The average Bonchev–Trinajstić information content (AvgIpc) is 2.29. The standard InChI is InChI=1S/C11H15ClFNO2S/c12-7-1-2-8-17(15,16)14-9-10-3-5-11(13)6-4-10/h3-6,14H,1-2,7-9H2. The molecule has 0 saturated heterocycles. The van der Waals surface area contributed by atoms with Crippen LogP contribution in [0.15, 0.2) is 24.3 Å². The van der Waals surface area contributed by atoms with Gasteiger partial charge in [-0.1, -0.05) is 12.1 Å². The van der Waals surface area contributed by atoms with Gasteiger partial charge in [0.15, 0.2) is 0 Å². The summed E-state index contributed by atoms with van der Waals surface area (Å²) in [4.78, 5) is 0. The molecule has 1 N–H and O–H groups in total. The van der Waals surface area contributed by atoms with Gasteiger partial charge in [0.1, 0.15) is 5.82 Å². The molecule has 17 heavy (non-hydrogen) atoms. The molecule has 0 saturated carbocycles. The van der Waals surface area contributed by atoms with Crippen LogP contribution in [0.3, 0.4) is 0 Å². The molecule has 1 rings (SSSR count). The lowest BCUT2D eigenvalue weighted by atomic mass is 10.2. The van der Waals surface area contributed by atoms with Crippen molar-refractivity contribution in [1.82, 2.24) is 4.72 Å². The van der Waals surface area contributed by atoms with E-state index in [0.717, 1.165) is 5.56 Å². The minimum Gasteiger partial charge on any atom is -0.212 e. The Bertz CT molecular complexity index is 433. The quantitative estimate of drug-likeness (QED) is 0.615. The fraction of sp³-hybridized carbons (Fsp3) is 0.455. The maximum atomic E-state index is 12.6. The largest absolute Gasteiger partial charge is 0.212 e. The number of hydrogen-bond donors (Lipinski definition) is 1. The third kappa shape index (κ3) is 6.00. The van der Waals surface area contributed by atoms with E-state index in [1.54, 1.807) is 12.1 Å². The Morgan fingerprint density at radius 3 is 2.41 bits per heavy atom. The van der Waals surface area contributed by atoms with Gasteiger partial charge in [-0.15, -0.1) is 11.6 Å². The highest BCUT2D eigenvalue weighted by atomic mass is 35.5. The number of nitrogens with one attached hydrogen (secondary N) is 1. The van der Waals surface area contributed by atoms with E-state index in [0.29, 0.717) is 18.7 Å². The Hall–Kier alpha value is -0.650. The average molecular weight is 280 g/mol. The third-order valence-electron chi connectivity index (χ3n) is 2.21. The summed E-state index contributed by atoms with van der Waals surface area (Å²) in [5, 5.41) is 0. The molecule has 0 heterocycles. The highest BCUT2D eigenvalue weighted by molar-refractivity contribution is 7.89. The van der Waals surface area contributed by atoms with Crippen molar-refractivity contribution >= 4 is 21.6 Å². The predicted octanol–water partition coefficient (Wildman–Crippen LogP) is 2.26. The van der Waals surface area contributed by atoms with Crippen LogP contribution < -0.4 is 4.72 Å². The number of alkyl halides is 1. The van der Waals surface area contributed by atoms with Gasteiger partial charge < -0.3 is 0 Å². The van der Waals surface area contributed by atoms with E-state index in [-0.39, 0.29) is 18.1 Å². The van der Waals surface area contributed by atoms with E-state index in [2.05, 4.69) is 4.72 Å². The van der Waals surface area contributed by atoms with Crippen molar-refractivity contribution in [1.29, 1.82) is 0 Å². The van der Waals surface area contributed by atoms with E-state index < -0.39 is 10.0 Å². The molecule has 0 bridgehead atoms. The maximum Gasteiger partial charge on any atom is 0.211 e. The summed E-state index contributed by atoms with van der Waals surface area (Å²) in [7, 11) is -3.26. The molecular formula is C11H15ClFNO2S. The highest BCUT2D eigenvalue weighted by Crippen LogP contribution is 2.03. The molecule has 0 fully saturated rings. The van der Waals surface area contributed by atoms with Crippen LogP contribution >= 0.6 is 11.6 Å². The van der Waals surface area contributed by atoms with Gasteiger partial charge >= 0.3 is 0 Å². The molecule has 96 valence electrons. The summed E-state index contributed by atoms with van der Waals surface area (Å²) in [5.74, 6) is 0.202. The molecule has 6 heteroatoms. The summed E-state index contributed by atoms with van der Waals surface area (Å²) in [6, 6.07) is 5.71. The van der Waals surface area contributed by atoms with E-state index in [9.17, 15) is 12.8 Å². The summed E-state index contributed by atoms with van der Waals surface area (Å²) in [5.41, 5.74) is 0.729. The van der Waals surface area contributed by atoms with Crippen molar-refractivity contribution in [2.45, 2.75) is 19.4 Å². The Morgan fingerprint density at radius 2 is 1.82 bits per heavy atom. The highest BCUT2D eigenvalue weighted by Gasteiger charge is 2.09. The van der Waals surface area contributed by atoms with Crippen LogP contribution in [0.4, 0.5) is 4.39 Å². The van der Waals surface area contributed by atoms with E-state index in [4.69, 9.17) is 11.6 Å². The Kier molecular flexibility index (Phi) is 5.88. The molecule has 0 radical (unpaired) electrons. The topological polar surface area (TPSA) is 46.2 Å². The minimum atomic E-state index is -3.26. The second-order valence-corrected chi connectivity index (χ2v) is 5.97. The Labute approximate surface area is 106 Å². The third-order valence-corrected chi connectivity index (χ3v) is 3.88. The van der Waals surface area contributed by atoms with Crippen LogP contribution in [-0.2, 0) is 16.6 Å². The molecule has 1 aromatic carbocycles. The van der Waals surface area contributed by atoms with Gasteiger partial charge in [0, 0.05) is 12.4 Å². The van der Waals surface area contributed by atoms with Crippen molar-refractivity contribution in [3.05, 3.63) is 35.6 Å². The molecule has 0 aromatic heterocycles. The predicted molar refractivity (Wildman–Crippen MR) is 67.0 cm³/mol. The lowest BCUT2D eigenvalue weighted by Gasteiger charge is -2.06. The first-order chi connectivity index (χ1) is 8.03. The van der Waals surface area contributed by atoms with Crippen molar-refractivity contribution in [2.75, 3.05) is 11.6 Å². The van der Waals surface area contributed by atoms with Crippen LogP contribution in [0, 0.1) is 5.82 Å². The Balaban J connectivity index is 2.41. The number of halogens is 2. The second kappa shape index (κ2) is 6.93. The van der Waals surface area contributed by atoms with Gasteiger partial charge in [-0.3, -0.25) is 0 Å². The molecule has 1 aromatic rings. The molecular weight excluding hydrogens is 265 g/mol. The molecule has 0 unspecified atom stereocenters. The fourth-order valence-corrected chi connectivity index (χ4v) is 2.56. The number of hydrogen-bond acceptors (Lipinski definition) is 2. The molecule has 3 nitrogen and oxygen atoms in total. The van der Waals surface area contributed by atoms with Crippen LogP contribution in [0.5, 0.6) is 0 Å². The monoisotopic (exact) mass is 279 g/mol. The maximum absolute atomic E-state index is 12.6. The first-order valence-electron chi connectivity index (χ1n) is 5.31. The van der Waals surface area contributed by atoms with Gasteiger partial charge in [-0.05, 0) is 30.5 Å². The van der Waals surface area contributed by atoms with E-state index >= 15 is 0 Å². The lowest BCUT2D eigenvalue weighted by Crippen LogP contribution is -2.26. The summed E-state index contributed by atoms with van der Waals surface area (Å²) in [6.45, 7) is 0.184. The SMILES string of the molecule is O=S(=O)(CCCCCl)NCc1ccc(F)cc1. The zero-order valence-corrected chi connectivity index (χ0v) is 10.9. The zero-order chi connectivity index (χ0) is 12.7. The molecule has 0 aliphatic carbocycles. The van der Waals surface area contributed by atoms with E-state index in [1.165, 1.54) is 12.1 Å². The molecule has 0 spiro atoms. The normalized spacial score (nSPS) is 11.6. The van der Waals surface area contributed by atoms with Crippen LogP contribution in [0.25, 0.3) is 0 Å². The number of benzene rings is 1. The number of rotatable bonds is 7. The summed E-state index contributed by atoms with van der Waals surface area (Å²) < 4.78 is 38.1. The fourth-order valence-electron chi connectivity index (χ4n) is 1.25. The smallest absolute Gasteiger partial charge is 0.211 e. The van der Waals surface area contributed by atoms with Gasteiger partial charge in [-0.25, -0.2) is 17.5 Å². The van der Waals surface area contributed by atoms with Crippen LogP contribution in [0.1, 0.15) is 18.4 Å². The zero-order valence-electron chi connectivity index (χ0n) is 9.33. The van der Waals surface area contributed by atoms with Crippen LogP contribution in [0.2, 0.25) is 0 Å². The van der Waals surface area contributed by atoms with Crippen molar-refractivity contribution in [3.8, 4) is 0 Å².